The van der Waals surface area contributed by atoms with Crippen LogP contribution in [0.2, 0.25) is 0 Å². The number of alkyl carbamates (subject to hydrolysis) is 1. The van der Waals surface area contributed by atoms with Gasteiger partial charge in [0.15, 0.2) is 0 Å². The number of hydrogen-bond donors (Lipinski definition) is 2. The maximum atomic E-state index is 12.0. The van der Waals surface area contributed by atoms with Crippen molar-refractivity contribution >= 4 is 12.0 Å². The Labute approximate surface area is 161 Å². The molecule has 1 aromatic carbocycles. The van der Waals surface area contributed by atoms with Crippen LogP contribution in [0.3, 0.4) is 0 Å². The first kappa shape index (κ1) is 22.6. The molecule has 7 nitrogen and oxygen atoms in total. The number of hydrogen-bond acceptors (Lipinski definition) is 5. The second-order valence-corrected chi connectivity index (χ2v) is 6.62. The zero-order valence-corrected chi connectivity index (χ0v) is 16.7. The molecule has 7 heteroatoms. The quantitative estimate of drug-likeness (QED) is 0.544. The lowest BCUT2D eigenvalue weighted by Gasteiger charge is -2.20. The van der Waals surface area contributed by atoms with Crippen molar-refractivity contribution in [1.29, 1.82) is 0 Å². The van der Waals surface area contributed by atoms with Crippen LogP contribution in [0.4, 0.5) is 4.79 Å². The fourth-order valence-electron chi connectivity index (χ4n) is 2.52. The second kappa shape index (κ2) is 12.8. The van der Waals surface area contributed by atoms with Crippen molar-refractivity contribution in [1.82, 2.24) is 10.6 Å². The van der Waals surface area contributed by atoms with Crippen molar-refractivity contribution in [3.05, 3.63) is 24.3 Å². The molecule has 0 saturated carbocycles. The van der Waals surface area contributed by atoms with Gasteiger partial charge in [-0.25, -0.2) is 4.79 Å². The van der Waals surface area contributed by atoms with Crippen molar-refractivity contribution < 1.29 is 23.8 Å². The first-order chi connectivity index (χ1) is 12.9. The van der Waals surface area contributed by atoms with E-state index in [1.54, 1.807) is 14.0 Å². The van der Waals surface area contributed by atoms with Crippen LogP contribution in [0.15, 0.2) is 24.3 Å². The van der Waals surface area contributed by atoms with Crippen LogP contribution >= 0.6 is 0 Å². The van der Waals surface area contributed by atoms with Crippen molar-refractivity contribution in [3.8, 4) is 11.5 Å². The summed E-state index contributed by atoms with van der Waals surface area (Å²) in [6, 6.07) is 7.16. The molecule has 0 saturated heterocycles. The Morgan fingerprint density at radius 2 is 1.78 bits per heavy atom. The fourth-order valence-corrected chi connectivity index (χ4v) is 2.52. The average Bonchev–Trinajstić information content (AvgIpc) is 2.63. The molecule has 2 amide bonds. The standard InChI is InChI=1S/C20H32N2O5/c1-5-26-20(24)22-16(13-15(2)3)14-21-19(23)7-6-12-27-18-10-8-17(25-4)9-11-18/h8-11,15-16H,5-7,12-14H2,1-4H3,(H,21,23)(H,22,24). The van der Waals surface area contributed by atoms with E-state index in [-0.39, 0.29) is 11.9 Å². The van der Waals surface area contributed by atoms with Gasteiger partial charge in [0.25, 0.3) is 0 Å². The summed E-state index contributed by atoms with van der Waals surface area (Å²) in [5.41, 5.74) is 0. The van der Waals surface area contributed by atoms with E-state index < -0.39 is 6.09 Å². The number of amides is 2. The topological polar surface area (TPSA) is 85.9 Å². The van der Waals surface area contributed by atoms with Crippen molar-refractivity contribution in [2.24, 2.45) is 5.92 Å². The average molecular weight is 380 g/mol. The lowest BCUT2D eigenvalue weighted by Crippen LogP contribution is -2.44. The number of carbonyl (C=O) groups excluding carboxylic acids is 2. The summed E-state index contributed by atoms with van der Waals surface area (Å²) in [6.45, 7) is 7.05. The Hall–Kier alpha value is -2.44. The summed E-state index contributed by atoms with van der Waals surface area (Å²) in [6.07, 6.45) is 1.28. The summed E-state index contributed by atoms with van der Waals surface area (Å²) >= 11 is 0. The van der Waals surface area contributed by atoms with Crippen LogP contribution in [0.5, 0.6) is 11.5 Å². The van der Waals surface area contributed by atoms with Crippen LogP contribution in [0, 0.1) is 5.92 Å². The van der Waals surface area contributed by atoms with E-state index in [9.17, 15) is 9.59 Å². The smallest absolute Gasteiger partial charge is 0.407 e. The van der Waals surface area contributed by atoms with E-state index in [2.05, 4.69) is 24.5 Å². The molecule has 0 aliphatic heterocycles. The minimum absolute atomic E-state index is 0.0623. The zero-order chi connectivity index (χ0) is 20.1. The van der Waals surface area contributed by atoms with E-state index >= 15 is 0 Å². The Bertz CT molecular complexity index is 560. The van der Waals surface area contributed by atoms with Crippen molar-refractivity contribution in [2.45, 2.75) is 46.1 Å². The Morgan fingerprint density at radius 3 is 2.37 bits per heavy atom. The third-order valence-electron chi connectivity index (χ3n) is 3.78. The molecule has 0 bridgehead atoms. The molecule has 27 heavy (non-hydrogen) atoms. The minimum atomic E-state index is -0.453. The minimum Gasteiger partial charge on any atom is -0.497 e. The van der Waals surface area contributed by atoms with Crippen LogP contribution in [-0.4, -0.2) is 44.9 Å². The third-order valence-corrected chi connectivity index (χ3v) is 3.78. The third kappa shape index (κ3) is 10.3. The summed E-state index contributed by atoms with van der Waals surface area (Å²) < 4.78 is 15.6. The molecule has 0 fully saturated rings. The molecule has 0 spiro atoms. The number of nitrogens with one attached hydrogen (secondary N) is 2. The van der Waals surface area contributed by atoms with Gasteiger partial charge in [0.2, 0.25) is 5.91 Å². The van der Waals surface area contributed by atoms with Gasteiger partial charge in [-0.3, -0.25) is 4.79 Å². The summed E-state index contributed by atoms with van der Waals surface area (Å²) in [7, 11) is 1.61. The molecular formula is C20H32N2O5. The van der Waals surface area contributed by atoms with Gasteiger partial charge in [0.05, 0.1) is 20.3 Å². The maximum Gasteiger partial charge on any atom is 0.407 e. The molecule has 0 aromatic heterocycles. The predicted octanol–water partition coefficient (Wildman–Crippen LogP) is 3.13. The number of ether oxygens (including phenoxy) is 3. The van der Waals surface area contributed by atoms with Crippen molar-refractivity contribution in [2.75, 3.05) is 26.9 Å². The maximum absolute atomic E-state index is 12.0. The summed E-state index contributed by atoms with van der Waals surface area (Å²) in [4.78, 5) is 23.6. The molecule has 0 radical (unpaired) electrons. The highest BCUT2D eigenvalue weighted by atomic mass is 16.5. The molecule has 1 rings (SSSR count). The lowest BCUT2D eigenvalue weighted by atomic mass is 10.0. The monoisotopic (exact) mass is 380 g/mol. The molecule has 1 unspecified atom stereocenters. The number of carbonyl (C=O) groups is 2. The van der Waals surface area contributed by atoms with Gasteiger partial charge < -0.3 is 24.8 Å². The zero-order valence-electron chi connectivity index (χ0n) is 16.7. The molecule has 152 valence electrons. The SMILES string of the molecule is CCOC(=O)NC(CNC(=O)CCCOc1ccc(OC)cc1)CC(C)C. The van der Waals surface area contributed by atoms with E-state index in [1.165, 1.54) is 0 Å². The first-order valence-electron chi connectivity index (χ1n) is 9.41. The highest BCUT2D eigenvalue weighted by Crippen LogP contribution is 2.17. The van der Waals surface area contributed by atoms with Crippen LogP contribution in [-0.2, 0) is 9.53 Å². The van der Waals surface area contributed by atoms with Gasteiger partial charge in [-0.1, -0.05) is 13.8 Å². The van der Waals surface area contributed by atoms with Crippen LogP contribution in [0.1, 0.15) is 40.0 Å². The normalized spacial score (nSPS) is 11.6. The summed E-state index contributed by atoms with van der Waals surface area (Å²) in [5.74, 6) is 1.85. The van der Waals surface area contributed by atoms with Gasteiger partial charge in [-0.05, 0) is 49.9 Å². The predicted molar refractivity (Wildman–Crippen MR) is 104 cm³/mol. The molecular weight excluding hydrogens is 348 g/mol. The number of benzene rings is 1. The number of methoxy groups -OCH3 is 1. The van der Waals surface area contributed by atoms with Gasteiger partial charge in [0.1, 0.15) is 11.5 Å². The Morgan fingerprint density at radius 1 is 1.11 bits per heavy atom. The molecule has 0 aliphatic carbocycles. The van der Waals surface area contributed by atoms with E-state index in [4.69, 9.17) is 14.2 Å². The van der Waals surface area contributed by atoms with Gasteiger partial charge >= 0.3 is 6.09 Å². The number of rotatable bonds is 12. The Kier molecular flexibility index (Phi) is 10.7. The Balaban J connectivity index is 2.27. The van der Waals surface area contributed by atoms with Gasteiger partial charge in [-0.15, -0.1) is 0 Å². The molecule has 2 N–H and O–H groups in total. The molecule has 1 atom stereocenters. The van der Waals surface area contributed by atoms with E-state index in [0.29, 0.717) is 38.5 Å². The van der Waals surface area contributed by atoms with Gasteiger partial charge in [-0.2, -0.15) is 0 Å². The lowest BCUT2D eigenvalue weighted by molar-refractivity contribution is -0.121. The summed E-state index contributed by atoms with van der Waals surface area (Å²) in [5, 5.41) is 5.66. The second-order valence-electron chi connectivity index (χ2n) is 6.62. The van der Waals surface area contributed by atoms with Crippen molar-refractivity contribution in [3.63, 3.8) is 0 Å². The molecule has 1 aromatic rings. The first-order valence-corrected chi connectivity index (χ1v) is 9.41. The largest absolute Gasteiger partial charge is 0.497 e. The van der Waals surface area contributed by atoms with E-state index in [0.717, 1.165) is 17.9 Å². The van der Waals surface area contributed by atoms with E-state index in [1.807, 2.05) is 24.3 Å². The highest BCUT2D eigenvalue weighted by Gasteiger charge is 2.15. The molecule has 0 aliphatic rings. The fraction of sp³-hybridized carbons (Fsp3) is 0.600. The van der Waals surface area contributed by atoms with Crippen LogP contribution < -0.4 is 20.1 Å². The molecule has 0 heterocycles. The van der Waals surface area contributed by atoms with Gasteiger partial charge in [0, 0.05) is 19.0 Å². The highest BCUT2D eigenvalue weighted by molar-refractivity contribution is 5.76. The van der Waals surface area contributed by atoms with Crippen LogP contribution in [0.25, 0.3) is 0 Å².